The van der Waals surface area contributed by atoms with Gasteiger partial charge < -0.3 is 14.7 Å². The zero-order valence-corrected chi connectivity index (χ0v) is 14.5. The van der Waals surface area contributed by atoms with E-state index in [4.69, 9.17) is 4.52 Å². The Labute approximate surface area is 152 Å². The number of likely N-dealkylation sites (tertiary alicyclic amines) is 1. The molecule has 0 aliphatic carbocycles. The van der Waals surface area contributed by atoms with Crippen molar-refractivity contribution in [3.8, 4) is 0 Å². The quantitative estimate of drug-likeness (QED) is 0.749. The zero-order valence-electron chi connectivity index (χ0n) is 14.5. The van der Waals surface area contributed by atoms with E-state index in [-0.39, 0.29) is 11.9 Å². The lowest BCUT2D eigenvalue weighted by atomic mass is 10.0. The molecule has 1 amide bonds. The highest BCUT2D eigenvalue weighted by molar-refractivity contribution is 5.95. The summed E-state index contributed by atoms with van der Waals surface area (Å²) in [6.07, 6.45) is 3.62. The molecule has 3 aromatic rings. The number of hydrogen-bond donors (Lipinski definition) is 1. The van der Waals surface area contributed by atoms with Crippen molar-refractivity contribution in [2.75, 3.05) is 11.9 Å². The number of anilines is 1. The van der Waals surface area contributed by atoms with Crippen molar-refractivity contribution < 1.29 is 9.32 Å². The molecule has 1 atom stereocenters. The van der Waals surface area contributed by atoms with Gasteiger partial charge in [0.15, 0.2) is 0 Å². The van der Waals surface area contributed by atoms with E-state index in [1.54, 1.807) is 6.26 Å². The van der Waals surface area contributed by atoms with Crippen LogP contribution in [0.3, 0.4) is 0 Å². The van der Waals surface area contributed by atoms with Gasteiger partial charge in [0.1, 0.15) is 12.0 Å². The molecule has 26 heavy (non-hydrogen) atoms. The van der Waals surface area contributed by atoms with Crippen LogP contribution >= 0.6 is 0 Å². The summed E-state index contributed by atoms with van der Waals surface area (Å²) in [6.45, 7) is 1.40. The highest BCUT2D eigenvalue weighted by atomic mass is 16.5. The molecular weight excluding hydrogens is 326 g/mol. The van der Waals surface area contributed by atoms with Gasteiger partial charge in [-0.25, -0.2) is 0 Å². The Morgan fingerprint density at radius 3 is 2.65 bits per heavy atom. The maximum atomic E-state index is 13.0. The third-order valence-corrected chi connectivity index (χ3v) is 4.79. The van der Waals surface area contributed by atoms with Crippen LogP contribution in [0.1, 0.15) is 40.5 Å². The molecule has 2 heterocycles. The number of rotatable bonds is 5. The summed E-state index contributed by atoms with van der Waals surface area (Å²) in [5.74, 6) is 0.0967. The van der Waals surface area contributed by atoms with Crippen LogP contribution in [-0.4, -0.2) is 22.5 Å². The molecule has 5 nitrogen and oxygen atoms in total. The van der Waals surface area contributed by atoms with Crippen LogP contribution in [0.4, 0.5) is 5.69 Å². The lowest BCUT2D eigenvalue weighted by Gasteiger charge is -2.25. The van der Waals surface area contributed by atoms with E-state index in [9.17, 15) is 4.79 Å². The summed E-state index contributed by atoms with van der Waals surface area (Å²) in [5, 5.41) is 7.14. The second-order valence-electron chi connectivity index (χ2n) is 6.49. The molecule has 0 saturated carbocycles. The predicted molar refractivity (Wildman–Crippen MR) is 99.7 cm³/mol. The number of nitrogens with one attached hydrogen (secondary N) is 1. The zero-order chi connectivity index (χ0) is 17.8. The van der Waals surface area contributed by atoms with Gasteiger partial charge in [-0.05, 0) is 42.7 Å². The van der Waals surface area contributed by atoms with Crippen LogP contribution in [0.5, 0.6) is 0 Å². The van der Waals surface area contributed by atoms with E-state index in [0.29, 0.717) is 6.54 Å². The molecule has 0 spiro atoms. The first kappa shape index (κ1) is 16.4. The first-order valence-corrected chi connectivity index (χ1v) is 8.90. The Balaban J connectivity index is 1.44. The van der Waals surface area contributed by atoms with E-state index in [2.05, 4.69) is 22.6 Å². The molecule has 4 rings (SSSR count). The van der Waals surface area contributed by atoms with Gasteiger partial charge in [-0.15, -0.1) is 0 Å². The number of aromatic nitrogens is 1. The third kappa shape index (κ3) is 3.47. The van der Waals surface area contributed by atoms with Gasteiger partial charge in [0.05, 0.1) is 12.6 Å². The molecule has 1 aromatic heterocycles. The summed E-state index contributed by atoms with van der Waals surface area (Å²) in [4.78, 5) is 15.0. The normalized spacial score (nSPS) is 16.6. The van der Waals surface area contributed by atoms with E-state index in [1.807, 2.05) is 53.4 Å². The summed E-state index contributed by atoms with van der Waals surface area (Å²) < 4.78 is 4.82. The van der Waals surface area contributed by atoms with Crippen LogP contribution in [0, 0.1) is 0 Å². The fourth-order valence-corrected chi connectivity index (χ4v) is 3.45. The van der Waals surface area contributed by atoms with Crippen molar-refractivity contribution in [1.82, 2.24) is 10.1 Å². The van der Waals surface area contributed by atoms with Gasteiger partial charge >= 0.3 is 0 Å². The molecular formula is C21H21N3O2. The van der Waals surface area contributed by atoms with Crippen molar-refractivity contribution in [1.29, 1.82) is 0 Å². The maximum Gasteiger partial charge on any atom is 0.254 e. The molecule has 132 valence electrons. The number of benzene rings is 2. The van der Waals surface area contributed by atoms with Crippen molar-refractivity contribution in [3.63, 3.8) is 0 Å². The largest absolute Gasteiger partial charge is 0.379 e. The number of carbonyl (C=O) groups is 1. The Kier molecular flexibility index (Phi) is 4.69. The first-order valence-electron chi connectivity index (χ1n) is 8.90. The SMILES string of the molecule is O=C(c1ccc(NCc2ccon2)cc1)N1CCC[C@@H]1c1ccccc1. The Morgan fingerprint density at radius 2 is 1.92 bits per heavy atom. The van der Waals surface area contributed by atoms with Gasteiger partial charge in [0, 0.05) is 23.9 Å². The summed E-state index contributed by atoms with van der Waals surface area (Å²) in [5.41, 5.74) is 3.72. The van der Waals surface area contributed by atoms with Crippen LogP contribution in [0.2, 0.25) is 0 Å². The molecule has 0 unspecified atom stereocenters. The molecule has 0 bridgehead atoms. The van der Waals surface area contributed by atoms with Crippen LogP contribution < -0.4 is 5.32 Å². The minimum atomic E-state index is 0.0967. The Bertz CT molecular complexity index is 845. The summed E-state index contributed by atoms with van der Waals surface area (Å²) in [7, 11) is 0. The average molecular weight is 347 g/mol. The third-order valence-electron chi connectivity index (χ3n) is 4.79. The van der Waals surface area contributed by atoms with Gasteiger partial charge in [-0.2, -0.15) is 0 Å². The Hall–Kier alpha value is -3.08. The summed E-state index contributed by atoms with van der Waals surface area (Å²) >= 11 is 0. The second kappa shape index (κ2) is 7.44. The average Bonchev–Trinajstić information content (AvgIpc) is 3.39. The van der Waals surface area contributed by atoms with E-state index >= 15 is 0 Å². The molecule has 1 fully saturated rings. The van der Waals surface area contributed by atoms with Gasteiger partial charge in [-0.1, -0.05) is 35.5 Å². The smallest absolute Gasteiger partial charge is 0.254 e. The van der Waals surface area contributed by atoms with Crippen molar-refractivity contribution in [2.45, 2.75) is 25.4 Å². The maximum absolute atomic E-state index is 13.0. The van der Waals surface area contributed by atoms with E-state index in [1.165, 1.54) is 5.56 Å². The molecule has 1 aliphatic heterocycles. The van der Waals surface area contributed by atoms with E-state index in [0.717, 1.165) is 36.3 Å². The second-order valence-corrected chi connectivity index (χ2v) is 6.49. The number of amides is 1. The molecule has 1 aliphatic rings. The monoisotopic (exact) mass is 347 g/mol. The minimum absolute atomic E-state index is 0.0967. The Morgan fingerprint density at radius 1 is 1.12 bits per heavy atom. The van der Waals surface area contributed by atoms with Gasteiger partial charge in [-0.3, -0.25) is 4.79 Å². The van der Waals surface area contributed by atoms with Crippen molar-refractivity contribution in [2.24, 2.45) is 0 Å². The first-order chi connectivity index (χ1) is 12.8. The van der Waals surface area contributed by atoms with Crippen LogP contribution in [-0.2, 0) is 6.54 Å². The molecule has 1 saturated heterocycles. The highest BCUT2D eigenvalue weighted by Gasteiger charge is 2.30. The van der Waals surface area contributed by atoms with Crippen molar-refractivity contribution in [3.05, 3.63) is 83.7 Å². The minimum Gasteiger partial charge on any atom is -0.379 e. The van der Waals surface area contributed by atoms with Crippen molar-refractivity contribution >= 4 is 11.6 Å². The highest BCUT2D eigenvalue weighted by Crippen LogP contribution is 2.33. The van der Waals surface area contributed by atoms with Crippen LogP contribution in [0.25, 0.3) is 0 Å². The molecule has 2 aromatic carbocycles. The fraction of sp³-hybridized carbons (Fsp3) is 0.238. The lowest BCUT2D eigenvalue weighted by molar-refractivity contribution is 0.0735. The van der Waals surface area contributed by atoms with Crippen LogP contribution in [0.15, 0.2) is 71.4 Å². The molecule has 0 radical (unpaired) electrons. The fourth-order valence-electron chi connectivity index (χ4n) is 3.45. The molecule has 1 N–H and O–H groups in total. The summed E-state index contributed by atoms with van der Waals surface area (Å²) in [6, 6.07) is 19.9. The predicted octanol–water partition coefficient (Wildman–Crippen LogP) is 4.26. The van der Waals surface area contributed by atoms with Gasteiger partial charge in [0.25, 0.3) is 5.91 Å². The topological polar surface area (TPSA) is 58.4 Å². The number of hydrogen-bond acceptors (Lipinski definition) is 4. The molecule has 5 heteroatoms. The number of carbonyl (C=O) groups excluding carboxylic acids is 1. The van der Waals surface area contributed by atoms with Gasteiger partial charge in [0.2, 0.25) is 0 Å². The lowest BCUT2D eigenvalue weighted by Crippen LogP contribution is -2.30. The standard InChI is InChI=1S/C21H21N3O2/c25-21(24-13-4-7-20(24)16-5-2-1-3-6-16)17-8-10-18(11-9-17)22-15-19-12-14-26-23-19/h1-3,5-6,8-12,14,20,22H,4,7,13,15H2/t20-/m1/s1. The number of nitrogens with zero attached hydrogens (tertiary/aromatic N) is 2. The van der Waals surface area contributed by atoms with E-state index < -0.39 is 0 Å².